The Morgan fingerprint density at radius 1 is 1.06 bits per heavy atom. The van der Waals surface area contributed by atoms with Crippen molar-refractivity contribution in [1.29, 1.82) is 0 Å². The summed E-state index contributed by atoms with van der Waals surface area (Å²) in [7, 11) is 1.31. The number of carbonyl (C=O) groups excluding carboxylic acids is 2. The SMILES string of the molecule is COC(=O)c1ccc(N2CCCC2)c(NC(=O)COc2ccc3ccc(=O)oc3c2)c1. The zero-order valence-electron chi connectivity index (χ0n) is 17.1. The van der Waals surface area contributed by atoms with Gasteiger partial charge < -0.3 is 24.1 Å². The third kappa shape index (κ3) is 4.69. The van der Waals surface area contributed by atoms with E-state index in [-0.39, 0.29) is 12.5 Å². The van der Waals surface area contributed by atoms with Crippen molar-refractivity contribution < 1.29 is 23.5 Å². The Morgan fingerprint density at radius 2 is 1.84 bits per heavy atom. The van der Waals surface area contributed by atoms with Crippen LogP contribution in [0.25, 0.3) is 11.0 Å². The van der Waals surface area contributed by atoms with Gasteiger partial charge in [-0.05, 0) is 49.2 Å². The topological polar surface area (TPSA) is 98.1 Å². The van der Waals surface area contributed by atoms with Crippen LogP contribution in [0.15, 0.2) is 57.7 Å². The molecular weight excluding hydrogens is 400 g/mol. The number of benzene rings is 2. The lowest BCUT2D eigenvalue weighted by Gasteiger charge is -2.22. The fourth-order valence-electron chi connectivity index (χ4n) is 3.58. The van der Waals surface area contributed by atoms with E-state index in [2.05, 4.69) is 10.2 Å². The number of hydrogen-bond acceptors (Lipinski definition) is 7. The third-order valence-corrected chi connectivity index (χ3v) is 5.10. The van der Waals surface area contributed by atoms with E-state index >= 15 is 0 Å². The Morgan fingerprint density at radius 3 is 2.61 bits per heavy atom. The number of nitrogens with zero attached hydrogens (tertiary/aromatic N) is 1. The van der Waals surface area contributed by atoms with Gasteiger partial charge in [-0.3, -0.25) is 4.79 Å². The molecule has 0 saturated carbocycles. The molecule has 1 amide bonds. The van der Waals surface area contributed by atoms with E-state index in [0.717, 1.165) is 37.0 Å². The first-order valence-electron chi connectivity index (χ1n) is 9.97. The maximum Gasteiger partial charge on any atom is 0.337 e. The molecule has 1 saturated heterocycles. The van der Waals surface area contributed by atoms with E-state index in [1.807, 2.05) is 6.07 Å². The van der Waals surface area contributed by atoms with E-state index in [9.17, 15) is 14.4 Å². The van der Waals surface area contributed by atoms with Crippen molar-refractivity contribution in [1.82, 2.24) is 0 Å². The summed E-state index contributed by atoms with van der Waals surface area (Å²) in [5, 5.41) is 3.59. The van der Waals surface area contributed by atoms with Crippen LogP contribution in [0.2, 0.25) is 0 Å². The number of methoxy groups -OCH3 is 1. The van der Waals surface area contributed by atoms with Gasteiger partial charge in [0, 0.05) is 30.6 Å². The molecule has 8 heteroatoms. The highest BCUT2D eigenvalue weighted by molar-refractivity contribution is 5.98. The maximum absolute atomic E-state index is 12.6. The lowest BCUT2D eigenvalue weighted by molar-refractivity contribution is -0.118. The number of fused-ring (bicyclic) bond motifs is 1. The van der Waals surface area contributed by atoms with Crippen LogP contribution >= 0.6 is 0 Å². The summed E-state index contributed by atoms with van der Waals surface area (Å²) >= 11 is 0. The number of rotatable bonds is 6. The first-order chi connectivity index (χ1) is 15.0. The molecule has 0 unspecified atom stereocenters. The van der Waals surface area contributed by atoms with Crippen LogP contribution in [0.3, 0.4) is 0 Å². The molecule has 0 aliphatic carbocycles. The van der Waals surface area contributed by atoms with Crippen molar-refractivity contribution in [3.05, 3.63) is 64.5 Å². The first kappa shape index (κ1) is 20.5. The standard InChI is InChI=1S/C23H22N2O6/c1-29-23(28)16-5-8-19(25-10-2-3-11-25)18(12-16)24-21(26)14-30-17-7-4-15-6-9-22(27)31-20(15)13-17/h4-9,12-13H,2-3,10-11,14H2,1H3,(H,24,26). The predicted octanol–water partition coefficient (Wildman–Crippen LogP) is 3.20. The minimum Gasteiger partial charge on any atom is -0.484 e. The number of carbonyl (C=O) groups is 2. The molecule has 31 heavy (non-hydrogen) atoms. The third-order valence-electron chi connectivity index (χ3n) is 5.10. The van der Waals surface area contributed by atoms with Gasteiger partial charge in [0.05, 0.1) is 24.0 Å². The molecule has 1 N–H and O–H groups in total. The Balaban J connectivity index is 1.49. The number of amides is 1. The number of nitrogens with one attached hydrogen (secondary N) is 1. The smallest absolute Gasteiger partial charge is 0.337 e. The summed E-state index contributed by atoms with van der Waals surface area (Å²) in [6.45, 7) is 1.53. The van der Waals surface area contributed by atoms with Crippen molar-refractivity contribution in [3.8, 4) is 5.75 Å². The number of anilines is 2. The van der Waals surface area contributed by atoms with Crippen LogP contribution in [0.5, 0.6) is 5.75 Å². The predicted molar refractivity (Wildman–Crippen MR) is 116 cm³/mol. The van der Waals surface area contributed by atoms with E-state index in [4.69, 9.17) is 13.9 Å². The van der Waals surface area contributed by atoms with Crippen LogP contribution < -0.4 is 20.6 Å². The van der Waals surface area contributed by atoms with Crippen LogP contribution in [0.4, 0.5) is 11.4 Å². The highest BCUT2D eigenvalue weighted by atomic mass is 16.5. The molecule has 2 aromatic carbocycles. The van der Waals surface area contributed by atoms with E-state index in [0.29, 0.717) is 22.6 Å². The van der Waals surface area contributed by atoms with Crippen LogP contribution in [-0.4, -0.2) is 38.7 Å². The first-order valence-corrected chi connectivity index (χ1v) is 9.97. The minimum atomic E-state index is -0.475. The molecule has 1 aliphatic rings. The van der Waals surface area contributed by atoms with Crippen molar-refractivity contribution in [2.24, 2.45) is 0 Å². The summed E-state index contributed by atoms with van der Waals surface area (Å²) in [4.78, 5) is 38.1. The second kappa shape index (κ2) is 8.91. The Bertz CT molecular complexity index is 1180. The molecule has 1 fully saturated rings. The molecule has 2 heterocycles. The summed E-state index contributed by atoms with van der Waals surface area (Å²) < 4.78 is 15.5. The van der Waals surface area contributed by atoms with Gasteiger partial charge in [-0.25, -0.2) is 9.59 Å². The highest BCUT2D eigenvalue weighted by Gasteiger charge is 2.19. The largest absolute Gasteiger partial charge is 0.484 e. The molecule has 0 atom stereocenters. The monoisotopic (exact) mass is 422 g/mol. The van der Waals surface area contributed by atoms with E-state index < -0.39 is 11.6 Å². The lowest BCUT2D eigenvalue weighted by atomic mass is 10.1. The van der Waals surface area contributed by atoms with Crippen molar-refractivity contribution in [2.45, 2.75) is 12.8 Å². The van der Waals surface area contributed by atoms with Gasteiger partial charge in [0.1, 0.15) is 11.3 Å². The highest BCUT2D eigenvalue weighted by Crippen LogP contribution is 2.30. The maximum atomic E-state index is 12.6. The molecule has 8 nitrogen and oxygen atoms in total. The van der Waals surface area contributed by atoms with Crippen molar-refractivity contribution in [3.63, 3.8) is 0 Å². The Hall–Kier alpha value is -3.81. The van der Waals surface area contributed by atoms with Gasteiger partial charge in [0.15, 0.2) is 6.61 Å². The number of ether oxygens (including phenoxy) is 2. The molecule has 0 radical (unpaired) electrons. The number of hydrogen-bond donors (Lipinski definition) is 1. The Labute approximate surface area is 178 Å². The lowest BCUT2D eigenvalue weighted by Crippen LogP contribution is -2.24. The molecule has 1 aromatic heterocycles. The minimum absolute atomic E-state index is 0.246. The average Bonchev–Trinajstić information content (AvgIpc) is 3.31. The fourth-order valence-corrected chi connectivity index (χ4v) is 3.58. The Kier molecular flexibility index (Phi) is 5.88. The van der Waals surface area contributed by atoms with Gasteiger partial charge in [0.25, 0.3) is 5.91 Å². The van der Waals surface area contributed by atoms with Crippen LogP contribution in [0.1, 0.15) is 23.2 Å². The van der Waals surface area contributed by atoms with Gasteiger partial charge >= 0.3 is 11.6 Å². The zero-order chi connectivity index (χ0) is 21.8. The molecule has 1 aliphatic heterocycles. The van der Waals surface area contributed by atoms with Gasteiger partial charge in [-0.1, -0.05) is 0 Å². The summed E-state index contributed by atoms with van der Waals surface area (Å²) in [6.07, 6.45) is 2.15. The van der Waals surface area contributed by atoms with Crippen molar-refractivity contribution in [2.75, 3.05) is 37.0 Å². The molecule has 0 bridgehead atoms. The average molecular weight is 422 g/mol. The normalized spacial score (nSPS) is 13.3. The summed E-state index contributed by atoms with van der Waals surface area (Å²) in [5.74, 6) is -0.450. The molecule has 3 aromatic rings. The van der Waals surface area contributed by atoms with Gasteiger partial charge in [-0.2, -0.15) is 0 Å². The number of esters is 1. The fraction of sp³-hybridized carbons (Fsp3) is 0.261. The van der Waals surface area contributed by atoms with E-state index in [1.165, 1.54) is 13.2 Å². The zero-order valence-corrected chi connectivity index (χ0v) is 17.1. The molecule has 0 spiro atoms. The molecule has 4 rings (SSSR count). The second-order valence-electron chi connectivity index (χ2n) is 7.21. The molecule has 160 valence electrons. The quantitative estimate of drug-likeness (QED) is 0.481. The van der Waals surface area contributed by atoms with Crippen molar-refractivity contribution >= 4 is 34.2 Å². The van der Waals surface area contributed by atoms with Gasteiger partial charge in [-0.15, -0.1) is 0 Å². The van der Waals surface area contributed by atoms with Crippen LogP contribution in [0, 0.1) is 0 Å². The molecular formula is C23H22N2O6. The van der Waals surface area contributed by atoms with Crippen LogP contribution in [-0.2, 0) is 9.53 Å². The summed E-state index contributed by atoms with van der Waals surface area (Å²) in [5.41, 5.74) is 1.66. The second-order valence-corrected chi connectivity index (χ2v) is 7.21. The summed E-state index contributed by atoms with van der Waals surface area (Å²) in [6, 6.07) is 13.1. The van der Waals surface area contributed by atoms with Gasteiger partial charge in [0.2, 0.25) is 0 Å². The van der Waals surface area contributed by atoms with E-state index in [1.54, 1.807) is 36.4 Å².